The third-order valence-corrected chi connectivity index (χ3v) is 5.76. The van der Waals surface area contributed by atoms with Crippen molar-refractivity contribution in [2.24, 2.45) is 0 Å². The van der Waals surface area contributed by atoms with Crippen LogP contribution in [0.3, 0.4) is 0 Å². The summed E-state index contributed by atoms with van der Waals surface area (Å²) in [6.07, 6.45) is 0.589. The molecule has 0 saturated heterocycles. The number of carbonyl (C=O) groups excluding carboxylic acids is 2. The van der Waals surface area contributed by atoms with E-state index in [0.717, 1.165) is 24.3 Å². The van der Waals surface area contributed by atoms with Crippen LogP contribution in [0.1, 0.15) is 36.2 Å². The highest BCUT2D eigenvalue weighted by molar-refractivity contribution is 6.03. The highest BCUT2D eigenvalue weighted by atomic mass is 16.9. The summed E-state index contributed by atoms with van der Waals surface area (Å²) in [7, 11) is 2.38. The van der Waals surface area contributed by atoms with Crippen molar-refractivity contribution in [2.75, 3.05) is 27.3 Å². The maximum Gasteiger partial charge on any atom is 0.409 e. The highest BCUT2D eigenvalue weighted by Crippen LogP contribution is 2.45. The zero-order valence-corrected chi connectivity index (χ0v) is 22.2. The van der Waals surface area contributed by atoms with Crippen LogP contribution in [0.4, 0.5) is 11.4 Å². The maximum atomic E-state index is 12.8. The number of nitriles is 1. The number of hydrogen-bond donors (Lipinski definition) is 1. The van der Waals surface area contributed by atoms with Crippen molar-refractivity contribution >= 4 is 29.0 Å². The molecule has 2 aromatic carbocycles. The van der Waals surface area contributed by atoms with Crippen molar-refractivity contribution in [2.45, 2.75) is 26.7 Å². The summed E-state index contributed by atoms with van der Waals surface area (Å²) in [5.41, 5.74) is -2.63. The summed E-state index contributed by atoms with van der Waals surface area (Å²) >= 11 is 0. The Bertz CT molecular complexity index is 1480. The zero-order valence-electron chi connectivity index (χ0n) is 22.2. The third kappa shape index (κ3) is 6.03. The predicted octanol–water partition coefficient (Wildman–Crippen LogP) is 3.48. The standard InChI is InChI=1S/C25H24N4O12/c1-5-7-27(6-2)23(31)15(12-26)20(30)13-8-17(29(35)36)22-19(10-13)39-25(40-22)41-24(32)14-9-16(28(33)34)21(38-4)18(11-14)37-3/h8-11,25,30H,5-7H2,1-4H3/b20-15-. The van der Waals surface area contributed by atoms with Gasteiger partial charge in [-0.05, 0) is 25.5 Å². The van der Waals surface area contributed by atoms with Crippen molar-refractivity contribution < 1.29 is 48.2 Å². The molecule has 1 aliphatic rings. The van der Waals surface area contributed by atoms with Gasteiger partial charge in [-0.1, -0.05) is 6.92 Å². The van der Waals surface area contributed by atoms with Crippen molar-refractivity contribution in [1.29, 1.82) is 5.26 Å². The summed E-state index contributed by atoms with van der Waals surface area (Å²) in [4.78, 5) is 48.4. The second-order valence-electron chi connectivity index (χ2n) is 8.22. The summed E-state index contributed by atoms with van der Waals surface area (Å²) < 4.78 is 25.8. The van der Waals surface area contributed by atoms with E-state index in [1.807, 2.05) is 6.92 Å². The Balaban J connectivity index is 1.95. The average molecular weight is 572 g/mol. The van der Waals surface area contributed by atoms with Gasteiger partial charge in [-0.3, -0.25) is 25.0 Å². The van der Waals surface area contributed by atoms with E-state index in [2.05, 4.69) is 0 Å². The molecule has 0 bridgehead atoms. The first-order valence-electron chi connectivity index (χ1n) is 11.9. The lowest BCUT2D eigenvalue weighted by Gasteiger charge is -2.19. The number of esters is 1. The largest absolute Gasteiger partial charge is 0.506 e. The summed E-state index contributed by atoms with van der Waals surface area (Å²) in [6.45, 7) is 2.20. The Morgan fingerprint density at radius 2 is 1.71 bits per heavy atom. The van der Waals surface area contributed by atoms with Gasteiger partial charge in [0, 0.05) is 30.8 Å². The summed E-state index contributed by atoms with van der Waals surface area (Å²) in [5.74, 6) is -3.97. The first-order valence-corrected chi connectivity index (χ1v) is 11.9. The predicted molar refractivity (Wildman–Crippen MR) is 137 cm³/mol. The Morgan fingerprint density at radius 1 is 1.05 bits per heavy atom. The number of benzene rings is 2. The lowest BCUT2D eigenvalue weighted by Crippen LogP contribution is -2.32. The second kappa shape index (κ2) is 12.5. The average Bonchev–Trinajstić information content (AvgIpc) is 3.36. The van der Waals surface area contributed by atoms with Crippen LogP contribution in [0.15, 0.2) is 29.8 Å². The number of nitrogens with zero attached hydrogens (tertiary/aromatic N) is 4. The monoisotopic (exact) mass is 572 g/mol. The number of aliphatic hydroxyl groups is 1. The molecular weight excluding hydrogens is 548 g/mol. The number of methoxy groups -OCH3 is 2. The lowest BCUT2D eigenvalue weighted by atomic mass is 10.1. The molecule has 1 unspecified atom stereocenters. The second-order valence-corrected chi connectivity index (χ2v) is 8.22. The lowest BCUT2D eigenvalue weighted by molar-refractivity contribution is -0.386. The molecule has 0 aromatic heterocycles. The van der Waals surface area contributed by atoms with Crippen LogP contribution in [0.2, 0.25) is 0 Å². The molecule has 16 nitrogen and oxygen atoms in total. The molecule has 0 saturated carbocycles. The number of ether oxygens (including phenoxy) is 5. The van der Waals surface area contributed by atoms with Crippen LogP contribution in [-0.2, 0) is 9.53 Å². The molecule has 1 heterocycles. The van der Waals surface area contributed by atoms with Gasteiger partial charge in [0.15, 0.2) is 17.1 Å². The molecule has 41 heavy (non-hydrogen) atoms. The molecule has 216 valence electrons. The first-order chi connectivity index (χ1) is 19.5. The minimum Gasteiger partial charge on any atom is -0.506 e. The fraction of sp³-hybridized carbons (Fsp3) is 0.320. The van der Waals surface area contributed by atoms with Crippen LogP contribution in [0, 0.1) is 31.6 Å². The topological polar surface area (TPSA) is 214 Å². The minimum atomic E-state index is -1.87. The maximum absolute atomic E-state index is 12.8. The molecule has 1 aliphatic heterocycles. The van der Waals surface area contributed by atoms with E-state index in [9.17, 15) is 40.2 Å². The number of amides is 1. The Hall–Kier alpha value is -5.59. The quantitative estimate of drug-likeness (QED) is 0.102. The number of carbonyl (C=O) groups is 2. The van der Waals surface area contributed by atoms with Gasteiger partial charge in [0.1, 0.15) is 11.8 Å². The fourth-order valence-corrected chi connectivity index (χ4v) is 3.87. The third-order valence-electron chi connectivity index (χ3n) is 5.76. The van der Waals surface area contributed by atoms with Gasteiger partial charge in [-0.25, -0.2) is 4.79 Å². The molecule has 0 radical (unpaired) electrons. The van der Waals surface area contributed by atoms with Gasteiger partial charge in [-0.2, -0.15) is 5.26 Å². The number of aliphatic hydroxyl groups excluding tert-OH is 1. The van der Waals surface area contributed by atoms with Crippen LogP contribution in [0.5, 0.6) is 23.0 Å². The van der Waals surface area contributed by atoms with Crippen molar-refractivity contribution in [3.63, 3.8) is 0 Å². The molecule has 0 aliphatic carbocycles. The van der Waals surface area contributed by atoms with E-state index >= 15 is 0 Å². The number of hydrogen-bond acceptors (Lipinski definition) is 13. The van der Waals surface area contributed by atoms with Crippen molar-refractivity contribution in [3.8, 4) is 29.1 Å². The number of likely N-dealkylation sites (N-methyl/N-ethyl adjacent to an activating group) is 1. The number of rotatable bonds is 11. The fourth-order valence-electron chi connectivity index (χ4n) is 3.87. The molecule has 1 atom stereocenters. The van der Waals surface area contributed by atoms with Gasteiger partial charge < -0.3 is 33.7 Å². The van der Waals surface area contributed by atoms with Crippen molar-refractivity contribution in [3.05, 3.63) is 61.2 Å². The molecule has 3 rings (SSSR count). The Kier molecular flexibility index (Phi) is 9.14. The molecule has 0 spiro atoms. The molecular formula is C25H24N4O12. The summed E-state index contributed by atoms with van der Waals surface area (Å²) in [6, 6.07) is 5.54. The SMILES string of the molecule is CCCN(CC)C(=O)/C(C#N)=C(\O)c1cc2c(c([N+](=O)[O-])c1)OC(OC(=O)c1cc(OC)c(OC)c([N+](=O)[O-])c1)O2. The number of nitro benzene ring substituents is 2. The summed E-state index contributed by atoms with van der Waals surface area (Å²) in [5, 5.41) is 43.5. The molecule has 16 heteroatoms. The van der Waals surface area contributed by atoms with E-state index in [0.29, 0.717) is 13.0 Å². The van der Waals surface area contributed by atoms with Gasteiger partial charge in [-0.15, -0.1) is 0 Å². The van der Waals surface area contributed by atoms with E-state index in [4.69, 9.17) is 23.7 Å². The molecule has 0 fully saturated rings. The van der Waals surface area contributed by atoms with Crippen LogP contribution in [0.25, 0.3) is 5.76 Å². The molecule has 1 amide bonds. The smallest absolute Gasteiger partial charge is 0.409 e. The highest BCUT2D eigenvalue weighted by Gasteiger charge is 2.37. The molecule has 1 N–H and O–H groups in total. The zero-order chi connectivity index (χ0) is 30.4. The number of fused-ring (bicyclic) bond motifs is 1. The Labute approximate surface area is 232 Å². The van der Waals surface area contributed by atoms with E-state index in [1.54, 1.807) is 13.0 Å². The van der Waals surface area contributed by atoms with Crippen molar-refractivity contribution in [1.82, 2.24) is 4.90 Å². The van der Waals surface area contributed by atoms with Gasteiger partial charge in [0.2, 0.25) is 11.5 Å². The van der Waals surface area contributed by atoms with Gasteiger partial charge in [0.05, 0.1) is 29.6 Å². The van der Waals surface area contributed by atoms with E-state index < -0.39 is 56.7 Å². The van der Waals surface area contributed by atoms with Gasteiger partial charge in [0.25, 0.3) is 5.91 Å². The first kappa shape index (κ1) is 30.0. The number of nitro groups is 2. The van der Waals surface area contributed by atoms with Crippen LogP contribution >= 0.6 is 0 Å². The Morgan fingerprint density at radius 3 is 2.24 bits per heavy atom. The van der Waals surface area contributed by atoms with E-state index in [-0.39, 0.29) is 34.9 Å². The van der Waals surface area contributed by atoms with Crippen LogP contribution < -0.4 is 18.9 Å². The molecule has 2 aromatic rings. The minimum absolute atomic E-state index is 0.142. The van der Waals surface area contributed by atoms with E-state index in [1.165, 1.54) is 19.1 Å². The van der Waals surface area contributed by atoms with Crippen LogP contribution in [-0.4, -0.2) is 65.5 Å². The van der Waals surface area contributed by atoms with Gasteiger partial charge >= 0.3 is 23.8 Å². The normalized spacial score (nSPS) is 13.9.